The highest BCUT2D eigenvalue weighted by molar-refractivity contribution is 5.88. The predicted molar refractivity (Wildman–Crippen MR) is 72.3 cm³/mol. The van der Waals surface area contributed by atoms with Crippen LogP contribution < -0.4 is 4.90 Å². The molecule has 4 nitrogen and oxygen atoms in total. The van der Waals surface area contributed by atoms with Gasteiger partial charge in [-0.15, -0.1) is 0 Å². The molecule has 0 atom stereocenters. The average molecular weight is 251 g/mol. The molecule has 0 unspecified atom stereocenters. The fourth-order valence-corrected chi connectivity index (χ4v) is 1.98. The summed E-state index contributed by atoms with van der Waals surface area (Å²) in [4.78, 5) is 12.9. The molecule has 0 bridgehead atoms. The Bertz CT molecular complexity index is 435. The Balaban J connectivity index is 3.04. The van der Waals surface area contributed by atoms with Crippen molar-refractivity contribution in [2.24, 2.45) is 0 Å². The lowest BCUT2D eigenvalue weighted by atomic mass is 10.1. The molecule has 0 spiro atoms. The number of carboxylic acids is 1. The van der Waals surface area contributed by atoms with Crippen molar-refractivity contribution in [3.63, 3.8) is 0 Å². The second kappa shape index (κ2) is 5.40. The summed E-state index contributed by atoms with van der Waals surface area (Å²) in [7, 11) is 0. The quantitative estimate of drug-likeness (QED) is 0.843. The minimum atomic E-state index is -0.921. The van der Waals surface area contributed by atoms with Crippen LogP contribution >= 0.6 is 0 Å². The number of benzene rings is 1. The zero-order valence-electron chi connectivity index (χ0n) is 11.4. The molecule has 18 heavy (non-hydrogen) atoms. The predicted octanol–water partition coefficient (Wildman–Crippen LogP) is 2.29. The lowest BCUT2D eigenvalue weighted by Gasteiger charge is -2.31. The third-order valence-electron chi connectivity index (χ3n) is 2.74. The highest BCUT2D eigenvalue weighted by atomic mass is 16.4. The van der Waals surface area contributed by atoms with Crippen molar-refractivity contribution >= 4 is 11.7 Å². The van der Waals surface area contributed by atoms with Crippen molar-refractivity contribution in [3.05, 3.63) is 29.3 Å². The Morgan fingerprint density at radius 1 is 1.39 bits per heavy atom. The number of anilines is 1. The highest BCUT2D eigenvalue weighted by Crippen LogP contribution is 2.23. The van der Waals surface area contributed by atoms with Gasteiger partial charge >= 0.3 is 5.97 Å². The summed E-state index contributed by atoms with van der Waals surface area (Å²) in [5.74, 6) is -0.921. The Morgan fingerprint density at radius 3 is 2.39 bits per heavy atom. The van der Waals surface area contributed by atoms with Gasteiger partial charge in [0.15, 0.2) is 0 Å². The second-order valence-electron chi connectivity index (χ2n) is 5.13. The van der Waals surface area contributed by atoms with Crippen LogP contribution in [0, 0.1) is 6.92 Å². The molecule has 100 valence electrons. The smallest absolute Gasteiger partial charge is 0.335 e. The molecule has 0 fully saturated rings. The monoisotopic (exact) mass is 251 g/mol. The Morgan fingerprint density at radius 2 is 2.00 bits per heavy atom. The zero-order chi connectivity index (χ0) is 13.9. The lowest BCUT2D eigenvalue weighted by molar-refractivity contribution is 0.0696. The molecule has 0 heterocycles. The van der Waals surface area contributed by atoms with E-state index in [1.807, 2.05) is 18.7 Å². The van der Waals surface area contributed by atoms with Crippen molar-refractivity contribution < 1.29 is 15.0 Å². The molecule has 0 aliphatic carbocycles. The Labute approximate surface area is 108 Å². The molecule has 0 aliphatic rings. The van der Waals surface area contributed by atoms with Crippen LogP contribution in [0.3, 0.4) is 0 Å². The maximum atomic E-state index is 10.9. The first kappa shape index (κ1) is 14.5. The molecule has 1 aromatic rings. The van der Waals surface area contributed by atoms with Gasteiger partial charge in [0.2, 0.25) is 0 Å². The van der Waals surface area contributed by atoms with Gasteiger partial charge in [-0.2, -0.15) is 0 Å². The molecule has 4 heteroatoms. The van der Waals surface area contributed by atoms with E-state index in [-0.39, 0.29) is 5.56 Å². The number of nitrogens with zero attached hydrogens (tertiary/aromatic N) is 1. The summed E-state index contributed by atoms with van der Waals surface area (Å²) in [5, 5.41) is 18.8. The van der Waals surface area contributed by atoms with Crippen LogP contribution in [0.1, 0.15) is 36.7 Å². The Hall–Kier alpha value is -1.55. The number of rotatable bonds is 5. The van der Waals surface area contributed by atoms with E-state index in [0.29, 0.717) is 6.54 Å². The van der Waals surface area contributed by atoms with Gasteiger partial charge < -0.3 is 15.1 Å². The first-order chi connectivity index (χ1) is 8.24. The number of aryl methyl sites for hydroxylation is 1. The number of carbonyl (C=O) groups is 1. The molecule has 1 aromatic carbocycles. The highest BCUT2D eigenvalue weighted by Gasteiger charge is 2.19. The largest absolute Gasteiger partial charge is 0.478 e. The van der Waals surface area contributed by atoms with E-state index >= 15 is 0 Å². The fraction of sp³-hybridized carbons (Fsp3) is 0.500. The second-order valence-corrected chi connectivity index (χ2v) is 5.13. The van der Waals surface area contributed by atoms with Gasteiger partial charge in [0.1, 0.15) is 0 Å². The minimum absolute atomic E-state index is 0.288. The maximum Gasteiger partial charge on any atom is 0.335 e. The molecule has 0 amide bonds. The lowest BCUT2D eigenvalue weighted by Crippen LogP contribution is -2.38. The van der Waals surface area contributed by atoms with Crippen molar-refractivity contribution in [1.82, 2.24) is 0 Å². The van der Waals surface area contributed by atoms with Crippen LogP contribution in [0.5, 0.6) is 0 Å². The summed E-state index contributed by atoms with van der Waals surface area (Å²) in [6.45, 7) is 8.69. The van der Waals surface area contributed by atoms with Crippen LogP contribution in [0.4, 0.5) is 5.69 Å². The van der Waals surface area contributed by atoms with E-state index in [4.69, 9.17) is 5.11 Å². The first-order valence-corrected chi connectivity index (χ1v) is 6.06. The number of likely N-dealkylation sites (N-methyl/N-ethyl adjacent to an activating group) is 1. The SMILES string of the molecule is CCN(CC(C)(C)O)c1ccc(C(=O)O)cc1C. The fourth-order valence-electron chi connectivity index (χ4n) is 1.98. The van der Waals surface area contributed by atoms with Gasteiger partial charge in [-0.1, -0.05) is 0 Å². The summed E-state index contributed by atoms with van der Waals surface area (Å²) >= 11 is 0. The summed E-state index contributed by atoms with van der Waals surface area (Å²) in [6.07, 6.45) is 0. The van der Waals surface area contributed by atoms with Crippen molar-refractivity contribution in [2.75, 3.05) is 18.0 Å². The Kier molecular flexibility index (Phi) is 4.35. The van der Waals surface area contributed by atoms with E-state index in [1.54, 1.807) is 32.0 Å². The molecule has 0 saturated heterocycles. The van der Waals surface area contributed by atoms with E-state index < -0.39 is 11.6 Å². The van der Waals surface area contributed by atoms with Gasteiger partial charge in [-0.3, -0.25) is 0 Å². The third kappa shape index (κ3) is 3.74. The topological polar surface area (TPSA) is 60.8 Å². The first-order valence-electron chi connectivity index (χ1n) is 6.06. The molecular formula is C14H21NO3. The summed E-state index contributed by atoms with van der Waals surface area (Å²) < 4.78 is 0. The van der Waals surface area contributed by atoms with Gasteiger partial charge in [-0.25, -0.2) is 4.79 Å². The number of aromatic carboxylic acids is 1. The molecule has 0 aliphatic heterocycles. The molecule has 0 radical (unpaired) electrons. The van der Waals surface area contributed by atoms with Gasteiger partial charge in [-0.05, 0) is 51.5 Å². The number of aliphatic hydroxyl groups is 1. The maximum absolute atomic E-state index is 10.9. The minimum Gasteiger partial charge on any atom is -0.478 e. The molecule has 2 N–H and O–H groups in total. The van der Waals surface area contributed by atoms with Crippen molar-refractivity contribution in [1.29, 1.82) is 0 Å². The molecule has 0 saturated carbocycles. The van der Waals surface area contributed by atoms with Crippen molar-refractivity contribution in [3.8, 4) is 0 Å². The number of hydrogen-bond donors (Lipinski definition) is 2. The van der Waals surface area contributed by atoms with E-state index in [2.05, 4.69) is 0 Å². The molecular weight excluding hydrogens is 230 g/mol. The van der Waals surface area contributed by atoms with Crippen molar-refractivity contribution in [2.45, 2.75) is 33.3 Å². The van der Waals surface area contributed by atoms with E-state index in [0.717, 1.165) is 17.8 Å². The number of hydrogen-bond acceptors (Lipinski definition) is 3. The van der Waals surface area contributed by atoms with Gasteiger partial charge in [0.25, 0.3) is 0 Å². The van der Waals surface area contributed by atoms with Gasteiger partial charge in [0, 0.05) is 18.8 Å². The van der Waals surface area contributed by atoms with E-state index in [9.17, 15) is 9.90 Å². The number of carboxylic acid groups (broad SMARTS) is 1. The third-order valence-corrected chi connectivity index (χ3v) is 2.74. The summed E-state index contributed by atoms with van der Waals surface area (Å²) in [6, 6.07) is 5.05. The molecule has 1 rings (SSSR count). The van der Waals surface area contributed by atoms with Crippen LogP contribution in [-0.4, -0.2) is 34.9 Å². The standard InChI is InChI=1S/C14H21NO3/c1-5-15(9-14(3,4)18)12-7-6-11(13(16)17)8-10(12)2/h6-8,18H,5,9H2,1-4H3,(H,16,17). The summed E-state index contributed by atoms with van der Waals surface area (Å²) in [5.41, 5.74) is 1.37. The van der Waals surface area contributed by atoms with E-state index in [1.165, 1.54) is 0 Å². The van der Waals surface area contributed by atoms with Crippen LogP contribution in [-0.2, 0) is 0 Å². The molecule has 0 aromatic heterocycles. The van der Waals surface area contributed by atoms with Crippen LogP contribution in [0.25, 0.3) is 0 Å². The normalized spacial score (nSPS) is 11.4. The average Bonchev–Trinajstić information content (AvgIpc) is 2.24. The van der Waals surface area contributed by atoms with Gasteiger partial charge in [0.05, 0.1) is 11.2 Å². The zero-order valence-corrected chi connectivity index (χ0v) is 11.4. The van der Waals surface area contributed by atoms with Crippen LogP contribution in [0.2, 0.25) is 0 Å². The van der Waals surface area contributed by atoms with Crippen LogP contribution in [0.15, 0.2) is 18.2 Å².